The zero-order valence-electron chi connectivity index (χ0n) is 11.7. The lowest BCUT2D eigenvalue weighted by atomic mass is 9.94. The maximum absolute atomic E-state index is 10.9. The molecule has 19 heavy (non-hydrogen) atoms. The van der Waals surface area contributed by atoms with Crippen LogP contribution in [0.15, 0.2) is 24.3 Å². The second-order valence-electron chi connectivity index (χ2n) is 5.79. The predicted molar refractivity (Wildman–Crippen MR) is 74.8 cm³/mol. The van der Waals surface area contributed by atoms with Crippen molar-refractivity contribution in [2.75, 3.05) is 18.6 Å². The summed E-state index contributed by atoms with van der Waals surface area (Å²) in [7, 11) is 1.65. The van der Waals surface area contributed by atoms with E-state index in [0.717, 1.165) is 24.4 Å². The number of rotatable bonds is 4. The van der Waals surface area contributed by atoms with Gasteiger partial charge in [-0.2, -0.15) is 0 Å². The fraction of sp³-hybridized carbons (Fsp3) is 0.533. The molecule has 1 fully saturated rings. The van der Waals surface area contributed by atoms with Crippen molar-refractivity contribution in [1.29, 1.82) is 0 Å². The molecule has 1 saturated heterocycles. The molecule has 1 unspecified atom stereocenters. The molecule has 4 nitrogen and oxygen atoms in total. The minimum absolute atomic E-state index is 0.0213. The van der Waals surface area contributed by atoms with Gasteiger partial charge in [-0.25, -0.2) is 0 Å². The Hall–Kier alpha value is -1.71. The van der Waals surface area contributed by atoms with Gasteiger partial charge in [0.15, 0.2) is 0 Å². The van der Waals surface area contributed by atoms with E-state index in [4.69, 9.17) is 9.84 Å². The molecular formula is C15H21NO3. The summed E-state index contributed by atoms with van der Waals surface area (Å²) in [6.07, 6.45) is 1.14. The van der Waals surface area contributed by atoms with Crippen LogP contribution in [0.4, 0.5) is 5.69 Å². The second kappa shape index (κ2) is 5.11. The first kappa shape index (κ1) is 13.7. The first-order valence-corrected chi connectivity index (χ1v) is 6.56. The Bertz CT molecular complexity index is 470. The number of methoxy groups -OCH3 is 1. The van der Waals surface area contributed by atoms with Crippen molar-refractivity contribution in [2.24, 2.45) is 5.92 Å². The first-order chi connectivity index (χ1) is 8.92. The summed E-state index contributed by atoms with van der Waals surface area (Å²) in [5.74, 6) is 0.321. The molecule has 2 rings (SSSR count). The Morgan fingerprint density at radius 2 is 2.26 bits per heavy atom. The van der Waals surface area contributed by atoms with Gasteiger partial charge in [-0.1, -0.05) is 6.07 Å². The van der Waals surface area contributed by atoms with Gasteiger partial charge in [-0.15, -0.1) is 0 Å². The third-order valence-corrected chi connectivity index (χ3v) is 3.79. The van der Waals surface area contributed by atoms with E-state index in [2.05, 4.69) is 18.7 Å². The fourth-order valence-corrected chi connectivity index (χ4v) is 3.00. The van der Waals surface area contributed by atoms with Crippen LogP contribution in [0, 0.1) is 5.92 Å². The van der Waals surface area contributed by atoms with Crippen LogP contribution in [0.5, 0.6) is 5.75 Å². The van der Waals surface area contributed by atoms with Gasteiger partial charge in [0, 0.05) is 30.3 Å². The molecule has 104 valence electrons. The maximum atomic E-state index is 10.9. The molecule has 0 spiro atoms. The summed E-state index contributed by atoms with van der Waals surface area (Å²) in [6, 6.07) is 7.94. The standard InChI is InChI=1S/C15H21NO3/c1-15(2)9-11(7-14(17)18)10-16(15)12-5-4-6-13(8-12)19-3/h4-6,8,11H,7,9-10H2,1-3H3,(H,17,18). The second-order valence-corrected chi connectivity index (χ2v) is 5.79. The highest BCUT2D eigenvalue weighted by atomic mass is 16.5. The molecule has 4 heteroatoms. The molecule has 1 aliphatic rings. The molecule has 1 aromatic carbocycles. The summed E-state index contributed by atoms with van der Waals surface area (Å²) in [5.41, 5.74) is 1.07. The highest BCUT2D eigenvalue weighted by Crippen LogP contribution is 2.38. The number of hydrogen-bond acceptors (Lipinski definition) is 3. The number of carboxylic acid groups (broad SMARTS) is 1. The molecule has 1 aromatic rings. The molecular weight excluding hydrogens is 242 g/mol. The van der Waals surface area contributed by atoms with Crippen molar-refractivity contribution in [3.63, 3.8) is 0 Å². The van der Waals surface area contributed by atoms with Gasteiger partial charge in [0.25, 0.3) is 0 Å². The zero-order valence-corrected chi connectivity index (χ0v) is 11.7. The number of hydrogen-bond donors (Lipinski definition) is 1. The molecule has 0 bridgehead atoms. The molecule has 1 N–H and O–H groups in total. The summed E-state index contributed by atoms with van der Waals surface area (Å²) >= 11 is 0. The number of aliphatic carboxylic acids is 1. The molecule has 0 aromatic heterocycles. The van der Waals surface area contributed by atoms with Crippen molar-refractivity contribution in [3.05, 3.63) is 24.3 Å². The van der Waals surface area contributed by atoms with Gasteiger partial charge in [-0.05, 0) is 38.3 Å². The number of carbonyl (C=O) groups is 1. The Kier molecular flexibility index (Phi) is 3.69. The summed E-state index contributed by atoms with van der Waals surface area (Å²) in [6.45, 7) is 5.11. The van der Waals surface area contributed by atoms with Crippen LogP contribution in [0.25, 0.3) is 0 Å². The van der Waals surface area contributed by atoms with Crippen molar-refractivity contribution in [3.8, 4) is 5.75 Å². The maximum Gasteiger partial charge on any atom is 0.303 e. The van der Waals surface area contributed by atoms with E-state index >= 15 is 0 Å². The van der Waals surface area contributed by atoms with Crippen LogP contribution in [0.1, 0.15) is 26.7 Å². The van der Waals surface area contributed by atoms with Gasteiger partial charge in [0.1, 0.15) is 5.75 Å². The molecule has 0 aliphatic carbocycles. The Morgan fingerprint density at radius 3 is 2.89 bits per heavy atom. The number of anilines is 1. The van der Waals surface area contributed by atoms with Crippen LogP contribution in [0.3, 0.4) is 0 Å². The third kappa shape index (κ3) is 3.00. The first-order valence-electron chi connectivity index (χ1n) is 6.56. The van der Waals surface area contributed by atoms with Gasteiger partial charge in [0.2, 0.25) is 0 Å². The Balaban J connectivity index is 2.20. The van der Waals surface area contributed by atoms with Gasteiger partial charge in [0.05, 0.1) is 7.11 Å². The number of nitrogens with zero attached hydrogens (tertiary/aromatic N) is 1. The van der Waals surface area contributed by atoms with Gasteiger partial charge in [-0.3, -0.25) is 4.79 Å². The van der Waals surface area contributed by atoms with Crippen molar-refractivity contribution >= 4 is 11.7 Å². The number of benzene rings is 1. The predicted octanol–water partition coefficient (Wildman–Crippen LogP) is 2.77. The summed E-state index contributed by atoms with van der Waals surface area (Å²) in [5, 5.41) is 8.94. The monoisotopic (exact) mass is 263 g/mol. The van der Waals surface area contributed by atoms with Crippen molar-refractivity contribution in [2.45, 2.75) is 32.2 Å². The minimum atomic E-state index is -0.715. The highest BCUT2D eigenvalue weighted by molar-refractivity contribution is 5.67. The van der Waals surface area contributed by atoms with Crippen LogP contribution in [0.2, 0.25) is 0 Å². The average Bonchev–Trinajstić information content (AvgIpc) is 2.63. The Labute approximate surface area is 114 Å². The zero-order chi connectivity index (χ0) is 14.0. The average molecular weight is 263 g/mol. The lowest BCUT2D eigenvalue weighted by Gasteiger charge is -2.33. The Morgan fingerprint density at radius 1 is 1.53 bits per heavy atom. The lowest BCUT2D eigenvalue weighted by Crippen LogP contribution is -2.38. The SMILES string of the molecule is COc1cccc(N2CC(CC(=O)O)CC2(C)C)c1. The minimum Gasteiger partial charge on any atom is -0.497 e. The van der Waals surface area contributed by atoms with E-state index in [1.165, 1.54) is 0 Å². The van der Waals surface area contributed by atoms with E-state index in [1.54, 1.807) is 7.11 Å². The van der Waals surface area contributed by atoms with Crippen LogP contribution >= 0.6 is 0 Å². The highest BCUT2D eigenvalue weighted by Gasteiger charge is 2.39. The fourth-order valence-electron chi connectivity index (χ4n) is 3.00. The van der Waals surface area contributed by atoms with Crippen molar-refractivity contribution < 1.29 is 14.6 Å². The smallest absolute Gasteiger partial charge is 0.303 e. The molecule has 1 aliphatic heterocycles. The lowest BCUT2D eigenvalue weighted by molar-refractivity contribution is -0.137. The van der Waals surface area contributed by atoms with Crippen LogP contribution in [-0.2, 0) is 4.79 Å². The third-order valence-electron chi connectivity index (χ3n) is 3.79. The number of carboxylic acids is 1. The normalized spacial score (nSPS) is 21.4. The quantitative estimate of drug-likeness (QED) is 0.907. The summed E-state index contributed by atoms with van der Waals surface area (Å²) in [4.78, 5) is 13.2. The molecule has 0 amide bonds. The van der Waals surface area contributed by atoms with Crippen LogP contribution < -0.4 is 9.64 Å². The molecule has 0 saturated carbocycles. The van der Waals surface area contributed by atoms with E-state index in [1.807, 2.05) is 24.3 Å². The molecule has 0 radical (unpaired) electrons. The van der Waals surface area contributed by atoms with E-state index in [-0.39, 0.29) is 17.9 Å². The van der Waals surface area contributed by atoms with E-state index < -0.39 is 5.97 Å². The van der Waals surface area contributed by atoms with Gasteiger partial charge >= 0.3 is 5.97 Å². The van der Waals surface area contributed by atoms with Crippen LogP contribution in [-0.4, -0.2) is 30.3 Å². The summed E-state index contributed by atoms with van der Waals surface area (Å²) < 4.78 is 5.25. The molecule has 1 heterocycles. The van der Waals surface area contributed by atoms with E-state index in [0.29, 0.717) is 0 Å². The van der Waals surface area contributed by atoms with E-state index in [9.17, 15) is 4.79 Å². The number of ether oxygens (including phenoxy) is 1. The van der Waals surface area contributed by atoms with Crippen molar-refractivity contribution in [1.82, 2.24) is 0 Å². The largest absolute Gasteiger partial charge is 0.497 e. The molecule has 1 atom stereocenters. The van der Waals surface area contributed by atoms with Gasteiger partial charge < -0.3 is 14.7 Å². The topological polar surface area (TPSA) is 49.8 Å².